The van der Waals surface area contributed by atoms with E-state index in [4.69, 9.17) is 10.7 Å². The highest BCUT2D eigenvalue weighted by Gasteiger charge is 2.35. The van der Waals surface area contributed by atoms with E-state index < -0.39 is 45.3 Å². The van der Waals surface area contributed by atoms with Gasteiger partial charge in [0, 0.05) is 85.5 Å². The van der Waals surface area contributed by atoms with Crippen LogP contribution in [0.3, 0.4) is 0 Å². The van der Waals surface area contributed by atoms with E-state index >= 15 is 8.78 Å². The number of benzene rings is 3. The van der Waals surface area contributed by atoms with Gasteiger partial charge in [0.1, 0.15) is 18.9 Å². The summed E-state index contributed by atoms with van der Waals surface area (Å²) in [5.41, 5.74) is 8.79. The highest BCUT2D eigenvalue weighted by atomic mass is 32.2. The third-order valence-electron chi connectivity index (χ3n) is 16.2. The molecule has 0 bridgehead atoms. The Kier molecular flexibility index (Phi) is 18.8. The first-order valence-corrected chi connectivity index (χ1v) is 31.3. The minimum absolute atomic E-state index is 0.00285. The number of esters is 1. The van der Waals surface area contributed by atoms with Gasteiger partial charge in [-0.05, 0) is 113 Å². The molecule has 454 valence electrons. The second-order valence-electron chi connectivity index (χ2n) is 22.0. The van der Waals surface area contributed by atoms with Crippen LogP contribution in [0.4, 0.5) is 20.4 Å². The van der Waals surface area contributed by atoms with Gasteiger partial charge in [-0.15, -0.1) is 11.3 Å². The average molecular weight is 1220 g/mol. The van der Waals surface area contributed by atoms with E-state index in [1.807, 2.05) is 9.80 Å². The van der Waals surface area contributed by atoms with Gasteiger partial charge in [-0.25, -0.2) is 36.8 Å². The normalized spacial score (nSPS) is 15.7. The first kappa shape index (κ1) is 60.8. The van der Waals surface area contributed by atoms with Crippen LogP contribution in [-0.2, 0) is 45.3 Å². The number of amides is 4. The summed E-state index contributed by atoms with van der Waals surface area (Å²) in [7, 11) is -2.57. The summed E-state index contributed by atoms with van der Waals surface area (Å²) in [5.74, 6) is -3.24. The van der Waals surface area contributed by atoms with Crippen molar-refractivity contribution in [2.24, 2.45) is 11.8 Å². The Bertz CT molecular complexity index is 3830. The third-order valence-corrected chi connectivity index (χ3v) is 18.9. The van der Waals surface area contributed by atoms with E-state index in [0.29, 0.717) is 101 Å². The molecule has 4 aromatic heterocycles. The van der Waals surface area contributed by atoms with Crippen LogP contribution in [0.15, 0.2) is 67.0 Å². The molecular weight excluding hydrogens is 1150 g/mol. The zero-order valence-corrected chi connectivity index (χ0v) is 49.7. The topological polar surface area (TPSA) is 292 Å². The number of carbonyl (C=O) groups is 6. The number of thiazole rings is 1. The van der Waals surface area contributed by atoms with Crippen LogP contribution in [-0.4, -0.2) is 165 Å². The van der Waals surface area contributed by atoms with Gasteiger partial charge in [-0.1, -0.05) is 25.1 Å². The van der Waals surface area contributed by atoms with Crippen molar-refractivity contribution < 1.29 is 50.7 Å². The van der Waals surface area contributed by atoms with E-state index in [-0.39, 0.29) is 84.6 Å². The number of hydrogen-bond acceptors (Lipinski definition) is 17. The smallest absolute Gasteiger partial charge is 0.325 e. The minimum Gasteiger partial charge on any atom is -0.468 e. The number of nitrogens with two attached hydrogens (primary N) is 1. The fourth-order valence-electron chi connectivity index (χ4n) is 11.7. The van der Waals surface area contributed by atoms with Crippen molar-refractivity contribution in [2.45, 2.75) is 84.1 Å². The predicted octanol–water partition coefficient (Wildman–Crippen LogP) is 6.14. The van der Waals surface area contributed by atoms with Crippen molar-refractivity contribution >= 4 is 90.3 Å². The molecule has 5 N–H and O–H groups in total. The number of nitrogens with one attached hydrogen (secondary N) is 3. The zero-order valence-electron chi connectivity index (χ0n) is 48.0. The number of anilines is 2. The fourth-order valence-corrected chi connectivity index (χ4v) is 14.1. The molecule has 0 aliphatic carbocycles. The predicted molar refractivity (Wildman–Crippen MR) is 319 cm³/mol. The Hall–Kier alpha value is -8.30. The van der Waals surface area contributed by atoms with E-state index in [1.54, 1.807) is 56.3 Å². The van der Waals surface area contributed by atoms with Crippen molar-refractivity contribution in [2.75, 3.05) is 82.2 Å². The van der Waals surface area contributed by atoms with Crippen LogP contribution in [0, 0.1) is 30.4 Å². The molecule has 86 heavy (non-hydrogen) atoms. The van der Waals surface area contributed by atoms with Crippen molar-refractivity contribution in [1.29, 1.82) is 0 Å². The van der Waals surface area contributed by atoms with Crippen LogP contribution >= 0.6 is 11.3 Å². The number of fused-ring (bicyclic) bond motifs is 2. The van der Waals surface area contributed by atoms with Gasteiger partial charge in [0.15, 0.2) is 5.82 Å². The number of aromatic nitrogens is 7. The summed E-state index contributed by atoms with van der Waals surface area (Å²) in [6.07, 6.45) is 7.66. The zero-order chi connectivity index (χ0) is 60.8. The van der Waals surface area contributed by atoms with Gasteiger partial charge in [-0.3, -0.25) is 38.2 Å². The first-order chi connectivity index (χ1) is 41.4. The lowest BCUT2D eigenvalue weighted by Gasteiger charge is -2.39. The number of rotatable bonds is 20. The van der Waals surface area contributed by atoms with Gasteiger partial charge in [-0.2, -0.15) is 10.2 Å². The van der Waals surface area contributed by atoms with Crippen LogP contribution in [0.25, 0.3) is 54.8 Å². The monoisotopic (exact) mass is 1220 g/mol. The summed E-state index contributed by atoms with van der Waals surface area (Å²) in [5, 5.41) is 15.4. The molecule has 3 saturated heterocycles. The molecular formula is C59H68F2N14O9S2. The van der Waals surface area contributed by atoms with Crippen LogP contribution < -0.4 is 21.1 Å². The number of ether oxygens (including phenoxy) is 1. The number of aryl methyl sites for hydroxylation is 1. The number of methoxy groups -OCH3 is 1. The lowest BCUT2D eigenvalue weighted by Crippen LogP contribution is -2.47. The maximum absolute atomic E-state index is 16.2. The Labute approximate surface area is 499 Å². The number of halogens is 2. The highest BCUT2D eigenvalue weighted by Crippen LogP contribution is 2.43. The molecule has 0 spiro atoms. The molecule has 0 saturated carbocycles. The molecule has 0 unspecified atom stereocenters. The maximum Gasteiger partial charge on any atom is 0.325 e. The summed E-state index contributed by atoms with van der Waals surface area (Å²) >= 11 is 1.38. The SMILES string of the molecule is CCCS(=O)(=O)Nc1cccc(-c2nc(C3CCN(C(=O)C4CCN(CC5CCN(C(=O)CCC(=O)n6ncc7cc(F)c(-c8cccc9c8c(C)nn9CC(=O)NCC(=O)NCC(=O)OC)cc76)CC5)CC4)CC3)sc2-c2ccnc(N)n2)c1F. The molecule has 0 radical (unpaired) electrons. The summed E-state index contributed by atoms with van der Waals surface area (Å²) in [6.45, 7) is 7.23. The maximum atomic E-state index is 16.2. The highest BCUT2D eigenvalue weighted by molar-refractivity contribution is 7.92. The van der Waals surface area contributed by atoms with Crippen molar-refractivity contribution in [1.82, 2.24) is 59.8 Å². The average Bonchev–Trinajstić information content (AvgIpc) is 2.91. The van der Waals surface area contributed by atoms with Gasteiger partial charge >= 0.3 is 5.97 Å². The van der Waals surface area contributed by atoms with Gasteiger partial charge in [0.2, 0.25) is 45.5 Å². The standard InChI is InChI=1S/C59H68F2N14O9S2/c1-4-27-86(82,83)70-44-9-5-8-41(54(44)61)55-56(45-13-20-63-59(62)67-45)85-57(68-55)37-18-25-73(26-19-37)58(81)38-16-21-71(22-17-38)33-36-14-23-72(24-15-36)50(78)11-12-51(79)75-47-29-42(43(60)28-39(47)30-66-75)40-7-6-10-46-53(40)35(2)69-74(46)34-49(77)64-31-48(76)65-32-52(80)84-3/h5-10,13,20,28-30,36-38,70H,4,11-12,14-19,21-27,31-34H2,1-3H3,(H,64,77)(H,65,76)(H2,62,63,67). The molecule has 3 fully saturated rings. The number of hydrogen-bond donors (Lipinski definition) is 4. The lowest BCUT2D eigenvalue weighted by molar-refractivity contribution is -0.141. The number of piperidine rings is 3. The van der Waals surface area contributed by atoms with Crippen LogP contribution in [0.1, 0.15) is 86.1 Å². The largest absolute Gasteiger partial charge is 0.468 e. The first-order valence-electron chi connectivity index (χ1n) is 28.8. The third kappa shape index (κ3) is 13.8. The van der Waals surface area contributed by atoms with Crippen LogP contribution in [0.2, 0.25) is 0 Å². The fraction of sp³-hybridized carbons (Fsp3) is 0.441. The van der Waals surface area contributed by atoms with Gasteiger partial charge in [0.05, 0.1) is 69.3 Å². The Morgan fingerprint density at radius 1 is 0.802 bits per heavy atom. The number of nitrogens with zero attached hydrogens (tertiary/aromatic N) is 10. The molecule has 3 aliphatic rings. The van der Waals surface area contributed by atoms with E-state index in [1.165, 1.54) is 52.3 Å². The van der Waals surface area contributed by atoms with Crippen molar-refractivity contribution in [3.63, 3.8) is 0 Å². The number of likely N-dealkylation sites (tertiary alicyclic amines) is 3. The molecule has 27 heteroatoms. The number of nitrogen functional groups attached to an aromatic ring is 1. The van der Waals surface area contributed by atoms with E-state index in [0.717, 1.165) is 50.3 Å². The minimum atomic E-state index is -3.77. The second-order valence-corrected chi connectivity index (χ2v) is 24.9. The van der Waals surface area contributed by atoms with Gasteiger partial charge in [0.25, 0.3) is 0 Å². The van der Waals surface area contributed by atoms with Gasteiger partial charge < -0.3 is 35.8 Å². The summed E-state index contributed by atoms with van der Waals surface area (Å²) in [4.78, 5) is 97.6. The molecule has 3 aromatic carbocycles. The lowest BCUT2D eigenvalue weighted by atomic mass is 9.90. The Morgan fingerprint density at radius 3 is 2.24 bits per heavy atom. The van der Waals surface area contributed by atoms with E-state index in [2.05, 4.69) is 45.2 Å². The molecule has 7 heterocycles. The molecule has 7 aromatic rings. The molecule has 10 rings (SSSR count). The summed E-state index contributed by atoms with van der Waals surface area (Å²) in [6, 6.07) is 14.2. The molecule has 0 atom stereocenters. The van der Waals surface area contributed by atoms with Crippen molar-refractivity contribution in [3.8, 4) is 33.0 Å². The van der Waals surface area contributed by atoms with E-state index in [9.17, 15) is 37.2 Å². The number of carbonyl (C=O) groups excluding carboxylic acids is 6. The Balaban J connectivity index is 0.680. The van der Waals surface area contributed by atoms with Crippen molar-refractivity contribution in [3.05, 3.63) is 89.3 Å². The number of sulfonamides is 1. The molecule has 23 nitrogen and oxygen atoms in total. The summed E-state index contributed by atoms with van der Waals surface area (Å²) < 4.78 is 66.9. The molecule has 3 aliphatic heterocycles. The van der Waals surface area contributed by atoms with Crippen LogP contribution in [0.5, 0.6) is 0 Å². The Morgan fingerprint density at radius 2 is 1.51 bits per heavy atom. The quantitative estimate of drug-likeness (QED) is 0.0624. The second kappa shape index (κ2) is 26.5. The molecule has 4 amide bonds.